The number of aromatic nitrogens is 4. The largest absolute Gasteiger partial charge is 0.379 e. The van der Waals surface area contributed by atoms with Crippen molar-refractivity contribution in [3.63, 3.8) is 0 Å². The highest BCUT2D eigenvalue weighted by molar-refractivity contribution is 5.46. The molecule has 7 nitrogen and oxygen atoms in total. The van der Waals surface area contributed by atoms with Crippen molar-refractivity contribution < 1.29 is 9.26 Å². The van der Waals surface area contributed by atoms with Gasteiger partial charge in [0, 0.05) is 19.3 Å². The fraction of sp³-hybridized carbons (Fsp3) is 0.615. The summed E-state index contributed by atoms with van der Waals surface area (Å²) < 4.78 is 12.6. The van der Waals surface area contributed by atoms with Gasteiger partial charge in [-0.3, -0.25) is 4.68 Å². The molecule has 2 aromatic heterocycles. The van der Waals surface area contributed by atoms with E-state index < -0.39 is 0 Å². The van der Waals surface area contributed by atoms with Crippen molar-refractivity contribution in [1.82, 2.24) is 25.2 Å². The van der Waals surface area contributed by atoms with Gasteiger partial charge < -0.3 is 14.6 Å². The lowest BCUT2D eigenvalue weighted by Crippen LogP contribution is -2.34. The Morgan fingerprint density at radius 1 is 1.45 bits per heavy atom. The SMILES string of the molecule is CCCNC1COCC1c1nc(-c2ccn(C)n2)no1. The lowest BCUT2D eigenvalue weighted by atomic mass is 10.0. The molecule has 0 spiro atoms. The molecule has 0 amide bonds. The van der Waals surface area contributed by atoms with Crippen molar-refractivity contribution in [2.24, 2.45) is 7.05 Å². The molecule has 0 aliphatic carbocycles. The van der Waals surface area contributed by atoms with Gasteiger partial charge in [-0.2, -0.15) is 10.1 Å². The second-order valence-corrected chi connectivity index (χ2v) is 5.04. The molecule has 0 radical (unpaired) electrons. The minimum Gasteiger partial charge on any atom is -0.379 e. The Balaban J connectivity index is 1.75. The van der Waals surface area contributed by atoms with Crippen LogP contribution in [0.3, 0.4) is 0 Å². The zero-order valence-corrected chi connectivity index (χ0v) is 11.7. The Morgan fingerprint density at radius 3 is 3.10 bits per heavy atom. The van der Waals surface area contributed by atoms with Crippen LogP contribution in [-0.2, 0) is 11.8 Å². The molecule has 20 heavy (non-hydrogen) atoms. The molecule has 3 heterocycles. The number of nitrogens with zero attached hydrogens (tertiary/aromatic N) is 4. The molecule has 1 saturated heterocycles. The molecule has 108 valence electrons. The van der Waals surface area contributed by atoms with Crippen LogP contribution in [0.5, 0.6) is 0 Å². The van der Waals surface area contributed by atoms with Crippen LogP contribution in [0.1, 0.15) is 25.2 Å². The molecule has 1 N–H and O–H groups in total. The van der Waals surface area contributed by atoms with Gasteiger partial charge >= 0.3 is 0 Å². The second-order valence-electron chi connectivity index (χ2n) is 5.04. The van der Waals surface area contributed by atoms with E-state index in [4.69, 9.17) is 9.26 Å². The van der Waals surface area contributed by atoms with Crippen molar-refractivity contribution >= 4 is 0 Å². The summed E-state index contributed by atoms with van der Waals surface area (Å²) in [5, 5.41) is 11.7. The molecule has 2 atom stereocenters. The minimum absolute atomic E-state index is 0.117. The molecule has 7 heteroatoms. The van der Waals surface area contributed by atoms with Crippen LogP contribution in [-0.4, -0.2) is 45.7 Å². The summed E-state index contributed by atoms with van der Waals surface area (Å²) in [5.41, 5.74) is 0.722. The lowest BCUT2D eigenvalue weighted by molar-refractivity contribution is 0.184. The van der Waals surface area contributed by atoms with E-state index in [1.54, 1.807) is 4.68 Å². The van der Waals surface area contributed by atoms with Crippen LogP contribution in [0, 0.1) is 0 Å². The highest BCUT2D eigenvalue weighted by Gasteiger charge is 2.33. The van der Waals surface area contributed by atoms with E-state index in [0.717, 1.165) is 18.7 Å². The molecule has 0 saturated carbocycles. The first-order chi connectivity index (χ1) is 9.78. The van der Waals surface area contributed by atoms with E-state index in [1.165, 1.54) is 0 Å². The summed E-state index contributed by atoms with van der Waals surface area (Å²) in [5.74, 6) is 1.27. The van der Waals surface area contributed by atoms with Gasteiger partial charge in [-0.25, -0.2) is 0 Å². The zero-order chi connectivity index (χ0) is 13.9. The molecule has 3 rings (SSSR count). The first-order valence-electron chi connectivity index (χ1n) is 6.92. The lowest BCUT2D eigenvalue weighted by Gasteiger charge is -2.14. The molecule has 1 fully saturated rings. The van der Waals surface area contributed by atoms with E-state index in [1.807, 2.05) is 19.3 Å². The van der Waals surface area contributed by atoms with Gasteiger partial charge in [0.05, 0.1) is 19.1 Å². The summed E-state index contributed by atoms with van der Waals surface area (Å²) in [6.45, 7) is 4.41. The van der Waals surface area contributed by atoms with Crippen LogP contribution in [0.4, 0.5) is 0 Å². The minimum atomic E-state index is 0.117. The second kappa shape index (κ2) is 5.72. The Bertz CT molecular complexity index is 565. The van der Waals surface area contributed by atoms with E-state index in [2.05, 4.69) is 27.5 Å². The maximum Gasteiger partial charge on any atom is 0.234 e. The maximum atomic E-state index is 5.53. The third-order valence-corrected chi connectivity index (χ3v) is 3.44. The monoisotopic (exact) mass is 277 g/mol. The molecule has 1 aliphatic rings. The Kier molecular flexibility index (Phi) is 3.79. The molecular formula is C13H19N5O2. The Hall–Kier alpha value is -1.73. The fourth-order valence-electron chi connectivity index (χ4n) is 2.35. The maximum absolute atomic E-state index is 5.53. The van der Waals surface area contributed by atoms with E-state index in [0.29, 0.717) is 24.9 Å². The smallest absolute Gasteiger partial charge is 0.234 e. The van der Waals surface area contributed by atoms with Crippen molar-refractivity contribution in [2.45, 2.75) is 25.3 Å². The van der Waals surface area contributed by atoms with Gasteiger partial charge in [0.15, 0.2) is 0 Å². The quantitative estimate of drug-likeness (QED) is 0.876. The van der Waals surface area contributed by atoms with Gasteiger partial charge in [-0.05, 0) is 19.0 Å². The van der Waals surface area contributed by atoms with Gasteiger partial charge in [0.25, 0.3) is 0 Å². The zero-order valence-electron chi connectivity index (χ0n) is 11.7. The van der Waals surface area contributed by atoms with Crippen LogP contribution in [0.15, 0.2) is 16.8 Å². The molecule has 0 bridgehead atoms. The summed E-state index contributed by atoms with van der Waals surface area (Å²) >= 11 is 0. The van der Waals surface area contributed by atoms with Gasteiger partial charge in [0.1, 0.15) is 5.69 Å². The van der Waals surface area contributed by atoms with Crippen LogP contribution in [0.25, 0.3) is 11.5 Å². The Labute approximate surface area is 117 Å². The fourth-order valence-corrected chi connectivity index (χ4v) is 2.35. The number of aryl methyl sites for hydroxylation is 1. The van der Waals surface area contributed by atoms with E-state index >= 15 is 0 Å². The molecule has 0 aromatic carbocycles. The highest BCUT2D eigenvalue weighted by atomic mass is 16.5. The van der Waals surface area contributed by atoms with E-state index in [9.17, 15) is 0 Å². The summed E-state index contributed by atoms with van der Waals surface area (Å²) in [6, 6.07) is 2.11. The van der Waals surface area contributed by atoms with Crippen molar-refractivity contribution in [2.75, 3.05) is 19.8 Å². The third kappa shape index (κ3) is 2.59. The predicted octanol–water partition coefficient (Wildman–Crippen LogP) is 0.952. The topological polar surface area (TPSA) is 78.0 Å². The summed E-state index contributed by atoms with van der Waals surface area (Å²) in [7, 11) is 1.86. The van der Waals surface area contributed by atoms with Gasteiger partial charge in [-0.1, -0.05) is 12.1 Å². The van der Waals surface area contributed by atoms with Crippen LogP contribution < -0.4 is 5.32 Å². The normalized spacial score (nSPS) is 22.5. The number of rotatable bonds is 5. The number of hydrogen-bond donors (Lipinski definition) is 1. The van der Waals surface area contributed by atoms with Crippen molar-refractivity contribution in [1.29, 1.82) is 0 Å². The summed E-state index contributed by atoms with van der Waals surface area (Å²) in [6.07, 6.45) is 2.95. The Morgan fingerprint density at radius 2 is 2.35 bits per heavy atom. The van der Waals surface area contributed by atoms with Gasteiger partial charge in [0.2, 0.25) is 11.7 Å². The highest BCUT2D eigenvalue weighted by Crippen LogP contribution is 2.26. The van der Waals surface area contributed by atoms with Crippen LogP contribution in [0.2, 0.25) is 0 Å². The standard InChI is InChI=1S/C13H19N5O2/c1-3-5-14-11-8-19-7-9(11)13-15-12(17-20-13)10-4-6-18(2)16-10/h4,6,9,11,14H,3,5,7-8H2,1-2H3. The number of hydrogen-bond acceptors (Lipinski definition) is 6. The summed E-state index contributed by atoms with van der Waals surface area (Å²) in [4.78, 5) is 4.46. The molecule has 2 aromatic rings. The number of ether oxygens (including phenoxy) is 1. The third-order valence-electron chi connectivity index (χ3n) is 3.44. The molecule has 2 unspecified atom stereocenters. The van der Waals surface area contributed by atoms with E-state index in [-0.39, 0.29) is 12.0 Å². The average molecular weight is 277 g/mol. The molecular weight excluding hydrogens is 258 g/mol. The molecule has 1 aliphatic heterocycles. The van der Waals surface area contributed by atoms with Crippen molar-refractivity contribution in [3.05, 3.63) is 18.2 Å². The van der Waals surface area contributed by atoms with Crippen molar-refractivity contribution in [3.8, 4) is 11.5 Å². The number of nitrogens with one attached hydrogen (secondary N) is 1. The first kappa shape index (κ1) is 13.3. The van der Waals surface area contributed by atoms with Gasteiger partial charge in [-0.15, -0.1) is 0 Å². The predicted molar refractivity (Wildman–Crippen MR) is 72.1 cm³/mol. The first-order valence-corrected chi connectivity index (χ1v) is 6.92. The van der Waals surface area contributed by atoms with Crippen LogP contribution >= 0.6 is 0 Å². The average Bonchev–Trinajstić information content (AvgIpc) is 3.15.